The molecule has 0 spiro atoms. The zero-order valence-corrected chi connectivity index (χ0v) is 23.3. The predicted molar refractivity (Wildman–Crippen MR) is 154 cm³/mol. The van der Waals surface area contributed by atoms with Crippen molar-refractivity contribution in [2.24, 2.45) is 16.8 Å². The molecule has 5 N–H and O–H groups in total. The van der Waals surface area contributed by atoms with E-state index < -0.39 is 18.6 Å². The highest BCUT2D eigenvalue weighted by molar-refractivity contribution is 6.47. The van der Waals surface area contributed by atoms with Crippen LogP contribution >= 0.6 is 0 Å². The summed E-state index contributed by atoms with van der Waals surface area (Å²) in [7, 11) is 2.07. The molecule has 0 aromatic heterocycles. The van der Waals surface area contributed by atoms with Gasteiger partial charge in [0.25, 0.3) is 0 Å². The van der Waals surface area contributed by atoms with Crippen LogP contribution in [-0.2, 0) is 9.59 Å². The predicted octanol–water partition coefficient (Wildman–Crippen LogP) is 3.27. The first-order valence-electron chi connectivity index (χ1n) is 15.1. The zero-order chi connectivity index (χ0) is 27.4. The van der Waals surface area contributed by atoms with Gasteiger partial charge in [-0.25, -0.2) is 9.28 Å². The highest BCUT2D eigenvalue weighted by Gasteiger charge is 2.54. The summed E-state index contributed by atoms with van der Waals surface area (Å²) < 4.78 is 0.218. The molecular formula is C30H46N5O4+. The Kier molecular flexibility index (Phi) is 9.01. The summed E-state index contributed by atoms with van der Waals surface area (Å²) in [5, 5.41) is 28.5. The van der Waals surface area contributed by atoms with E-state index in [0.29, 0.717) is 23.8 Å². The number of carboxylic acid groups (broad SMARTS) is 1. The van der Waals surface area contributed by atoms with Gasteiger partial charge in [0.1, 0.15) is 17.8 Å². The normalized spacial score (nSPS) is 33.2. The number of likely N-dealkylation sites (N-methyl/N-ethyl adjacent to an activating group) is 1. The number of carboxylic acids is 1. The monoisotopic (exact) mass is 540 g/mol. The highest BCUT2D eigenvalue weighted by atomic mass is 16.4. The van der Waals surface area contributed by atoms with E-state index in [-0.39, 0.29) is 29.5 Å². The fourth-order valence-electron chi connectivity index (χ4n) is 7.24. The number of fused-ring (bicyclic) bond motifs is 2. The zero-order valence-electron chi connectivity index (χ0n) is 23.3. The fourth-order valence-corrected chi connectivity index (χ4v) is 7.24. The summed E-state index contributed by atoms with van der Waals surface area (Å²) in [6.07, 6.45) is 13.7. The molecular weight excluding hydrogens is 494 g/mol. The van der Waals surface area contributed by atoms with Crippen molar-refractivity contribution >= 4 is 29.1 Å². The Hall–Kier alpha value is -2.33. The minimum Gasteiger partial charge on any atom is -0.480 e. The van der Waals surface area contributed by atoms with Crippen molar-refractivity contribution in [2.45, 2.75) is 94.8 Å². The van der Waals surface area contributed by atoms with Gasteiger partial charge in [-0.2, -0.15) is 0 Å². The Morgan fingerprint density at radius 1 is 1.05 bits per heavy atom. The van der Waals surface area contributed by atoms with E-state index in [1.807, 2.05) is 18.2 Å². The summed E-state index contributed by atoms with van der Waals surface area (Å²) >= 11 is 0. The van der Waals surface area contributed by atoms with E-state index in [1.54, 1.807) is 0 Å². The number of aliphatic carboxylic acids is 1. The summed E-state index contributed by atoms with van der Waals surface area (Å²) in [4.78, 5) is 30.0. The molecule has 1 aromatic rings. The fraction of sp³-hybridized carbons (Fsp3) is 0.700. The summed E-state index contributed by atoms with van der Waals surface area (Å²) in [6.45, 7) is -0.00548. The third-order valence-electron chi connectivity index (χ3n) is 9.63. The van der Waals surface area contributed by atoms with Crippen molar-refractivity contribution in [3.8, 4) is 0 Å². The molecule has 1 heterocycles. The SMILES string of the molecule is C[N+]1([C@H]2CC3CC3C[C@H](NC3CCCCCCC3)C2)C(=O)C(=NCCNC(CO)C(=O)O)Nc2ccccc21. The number of amides is 1. The lowest BCUT2D eigenvalue weighted by atomic mass is 9.93. The molecule has 3 saturated carbocycles. The van der Waals surface area contributed by atoms with Crippen LogP contribution in [0.5, 0.6) is 0 Å². The molecule has 3 aliphatic carbocycles. The van der Waals surface area contributed by atoms with Crippen LogP contribution in [0.1, 0.15) is 70.6 Å². The minimum atomic E-state index is -1.11. The number of rotatable bonds is 9. The quantitative estimate of drug-likeness (QED) is 0.241. The van der Waals surface area contributed by atoms with Crippen molar-refractivity contribution in [2.75, 3.05) is 32.1 Å². The number of para-hydroxylation sites is 2. The smallest absolute Gasteiger partial charge is 0.386 e. The largest absolute Gasteiger partial charge is 0.480 e. The van der Waals surface area contributed by atoms with E-state index in [4.69, 9.17) is 5.11 Å². The molecule has 214 valence electrons. The summed E-state index contributed by atoms with van der Waals surface area (Å²) in [5.74, 6) is 0.660. The van der Waals surface area contributed by atoms with Gasteiger partial charge in [0.15, 0.2) is 5.69 Å². The lowest BCUT2D eigenvalue weighted by Gasteiger charge is -2.43. The van der Waals surface area contributed by atoms with Crippen LogP contribution in [0.25, 0.3) is 0 Å². The van der Waals surface area contributed by atoms with Crippen LogP contribution in [-0.4, -0.2) is 78.8 Å². The van der Waals surface area contributed by atoms with Gasteiger partial charge in [0.05, 0.1) is 20.2 Å². The van der Waals surface area contributed by atoms with Crippen molar-refractivity contribution < 1.29 is 19.8 Å². The number of nitrogens with one attached hydrogen (secondary N) is 3. The number of hydrogen-bond acceptors (Lipinski definition) is 6. The molecule has 4 aliphatic rings. The lowest BCUT2D eigenvalue weighted by Crippen LogP contribution is -2.64. The molecule has 1 aliphatic heterocycles. The Morgan fingerprint density at radius 3 is 2.51 bits per heavy atom. The maximum atomic E-state index is 14.2. The van der Waals surface area contributed by atoms with E-state index in [0.717, 1.165) is 30.1 Å². The molecule has 39 heavy (non-hydrogen) atoms. The Bertz CT molecular complexity index is 1060. The van der Waals surface area contributed by atoms with Crippen LogP contribution in [0.3, 0.4) is 0 Å². The molecule has 1 aromatic carbocycles. The van der Waals surface area contributed by atoms with Crippen molar-refractivity contribution in [1.29, 1.82) is 0 Å². The molecule has 9 heteroatoms. The van der Waals surface area contributed by atoms with Crippen LogP contribution in [0, 0.1) is 11.8 Å². The summed E-state index contributed by atoms with van der Waals surface area (Å²) in [6, 6.07) is 8.21. The van der Waals surface area contributed by atoms with Crippen LogP contribution in [0.4, 0.5) is 11.4 Å². The number of quaternary nitrogens is 1. The molecule has 0 saturated heterocycles. The van der Waals surface area contributed by atoms with E-state index in [2.05, 4.69) is 34.1 Å². The molecule has 3 fully saturated rings. The average molecular weight is 541 g/mol. The average Bonchev–Trinajstić information content (AvgIpc) is 3.66. The third-order valence-corrected chi connectivity index (χ3v) is 9.63. The van der Waals surface area contributed by atoms with E-state index in [1.165, 1.54) is 57.8 Å². The third kappa shape index (κ3) is 6.37. The number of amidine groups is 1. The van der Waals surface area contributed by atoms with Crippen molar-refractivity contribution in [3.05, 3.63) is 24.3 Å². The first-order chi connectivity index (χ1) is 18.9. The molecule has 5 rings (SSSR count). The minimum absolute atomic E-state index is 0.0283. The number of carbonyl (C=O) groups excluding carboxylic acids is 1. The van der Waals surface area contributed by atoms with Gasteiger partial charge >= 0.3 is 11.9 Å². The van der Waals surface area contributed by atoms with Crippen LogP contribution in [0.2, 0.25) is 0 Å². The Balaban J connectivity index is 1.35. The number of benzene rings is 1. The maximum Gasteiger partial charge on any atom is 0.386 e. The van der Waals surface area contributed by atoms with Gasteiger partial charge in [0, 0.05) is 37.5 Å². The molecule has 9 nitrogen and oxygen atoms in total. The van der Waals surface area contributed by atoms with Gasteiger partial charge in [-0.05, 0) is 43.6 Å². The molecule has 0 bridgehead atoms. The van der Waals surface area contributed by atoms with Crippen LogP contribution in [0.15, 0.2) is 29.3 Å². The second kappa shape index (κ2) is 12.5. The lowest BCUT2D eigenvalue weighted by molar-refractivity contribution is -0.140. The summed E-state index contributed by atoms with van der Waals surface area (Å²) in [5.41, 5.74) is 1.91. The molecule has 6 atom stereocenters. The van der Waals surface area contributed by atoms with Gasteiger partial charge in [-0.3, -0.25) is 9.79 Å². The van der Waals surface area contributed by atoms with Crippen molar-refractivity contribution in [3.63, 3.8) is 0 Å². The van der Waals surface area contributed by atoms with Gasteiger partial charge < -0.3 is 26.2 Å². The van der Waals surface area contributed by atoms with Gasteiger partial charge in [0.2, 0.25) is 5.84 Å². The topological polar surface area (TPSA) is 123 Å². The van der Waals surface area contributed by atoms with E-state index >= 15 is 0 Å². The second-order valence-corrected chi connectivity index (χ2v) is 12.3. The Morgan fingerprint density at radius 2 is 1.77 bits per heavy atom. The standard InChI is InChI=1S/C30H45N5O4/c1-35(24-17-21-15-20(21)16-23(18-24)33-22-9-5-3-2-4-6-10-22)27-12-8-7-11-25(27)34-28(29(35)37)32-14-13-31-26(19-36)30(38)39/h7-8,11-12,20-24,26,31,33,36H,2-6,9-10,13-19H2,1H3,(H-,32,34,38,39)/p+1/t20?,21?,23-,24-,26?,35?/m0/s1. The molecule has 1 amide bonds. The van der Waals surface area contributed by atoms with E-state index in [9.17, 15) is 14.7 Å². The van der Waals surface area contributed by atoms with Crippen molar-refractivity contribution in [1.82, 2.24) is 15.1 Å². The van der Waals surface area contributed by atoms with Gasteiger partial charge in [-0.15, -0.1) is 0 Å². The first kappa shape index (κ1) is 28.2. The molecule has 4 unspecified atom stereocenters. The Labute approximate surface area is 232 Å². The number of aliphatic imine (C=N–C) groups is 1. The molecule has 0 radical (unpaired) electrons. The second-order valence-electron chi connectivity index (χ2n) is 12.3. The number of aliphatic hydroxyl groups excluding tert-OH is 1. The van der Waals surface area contributed by atoms with Gasteiger partial charge in [-0.1, -0.05) is 44.2 Å². The highest BCUT2D eigenvalue weighted by Crippen LogP contribution is 2.51. The number of nitrogens with zero attached hydrogens (tertiary/aromatic N) is 2. The number of anilines is 1. The van der Waals surface area contributed by atoms with Crippen LogP contribution < -0.4 is 20.4 Å². The first-order valence-corrected chi connectivity index (χ1v) is 15.1. The number of hydrogen-bond donors (Lipinski definition) is 5. The maximum absolute atomic E-state index is 14.2. The number of carbonyl (C=O) groups is 2. The number of aliphatic hydroxyl groups is 1.